The van der Waals surface area contributed by atoms with Crippen LogP contribution in [0.5, 0.6) is 0 Å². The summed E-state index contributed by atoms with van der Waals surface area (Å²) in [6, 6.07) is 7.80. The van der Waals surface area contributed by atoms with E-state index in [1.165, 1.54) is 0 Å². The van der Waals surface area contributed by atoms with Gasteiger partial charge in [0, 0.05) is 16.5 Å². The van der Waals surface area contributed by atoms with Crippen LogP contribution in [0.3, 0.4) is 0 Å². The molecule has 18 heavy (non-hydrogen) atoms. The van der Waals surface area contributed by atoms with Crippen LogP contribution in [0.1, 0.15) is 5.01 Å². The molecule has 0 saturated carbocycles. The van der Waals surface area contributed by atoms with E-state index in [-0.39, 0.29) is 0 Å². The molecule has 0 bridgehead atoms. The Kier molecular flexibility index (Phi) is 2.89. The van der Waals surface area contributed by atoms with Gasteiger partial charge in [0.1, 0.15) is 5.01 Å². The second-order valence-corrected chi connectivity index (χ2v) is 6.21. The van der Waals surface area contributed by atoms with Crippen molar-refractivity contribution < 1.29 is 0 Å². The lowest BCUT2D eigenvalue weighted by atomic mass is 10.2. The number of hydrogen-bond acceptors (Lipinski definition) is 6. The van der Waals surface area contributed by atoms with Gasteiger partial charge < -0.3 is 5.73 Å². The van der Waals surface area contributed by atoms with Crippen LogP contribution in [0.2, 0.25) is 0 Å². The number of hydrogen-bond donors (Lipinski definition) is 1. The number of para-hydroxylation sites is 1. The highest BCUT2D eigenvalue weighted by Crippen LogP contribution is 2.35. The van der Waals surface area contributed by atoms with Crippen LogP contribution in [-0.4, -0.2) is 15.2 Å². The van der Waals surface area contributed by atoms with E-state index in [1.807, 2.05) is 31.2 Å². The first-order valence-corrected chi connectivity index (χ1v) is 6.98. The van der Waals surface area contributed by atoms with Gasteiger partial charge in [-0.3, -0.25) is 4.98 Å². The second-order valence-electron chi connectivity index (χ2n) is 3.74. The zero-order valence-electron chi connectivity index (χ0n) is 9.62. The third-order valence-electron chi connectivity index (χ3n) is 2.47. The maximum absolute atomic E-state index is 5.93. The predicted molar refractivity (Wildman–Crippen MR) is 74.9 cm³/mol. The van der Waals surface area contributed by atoms with Gasteiger partial charge in [0.25, 0.3) is 0 Å². The summed E-state index contributed by atoms with van der Waals surface area (Å²) < 4.78 is 0.933. The van der Waals surface area contributed by atoms with Gasteiger partial charge in [-0.15, -0.1) is 10.2 Å². The van der Waals surface area contributed by atoms with Gasteiger partial charge in [0.2, 0.25) is 0 Å². The third-order valence-corrected chi connectivity index (χ3v) is 4.43. The Morgan fingerprint density at radius 2 is 2.11 bits per heavy atom. The molecule has 0 amide bonds. The molecule has 0 aliphatic carbocycles. The van der Waals surface area contributed by atoms with Crippen molar-refractivity contribution in [1.29, 1.82) is 0 Å². The fourth-order valence-corrected chi connectivity index (χ4v) is 3.56. The summed E-state index contributed by atoms with van der Waals surface area (Å²) in [4.78, 5) is 5.42. The van der Waals surface area contributed by atoms with E-state index in [0.717, 1.165) is 25.1 Å². The van der Waals surface area contributed by atoms with Crippen LogP contribution in [0.25, 0.3) is 10.9 Å². The lowest BCUT2D eigenvalue weighted by Crippen LogP contribution is -1.90. The van der Waals surface area contributed by atoms with Crippen molar-refractivity contribution in [1.82, 2.24) is 15.2 Å². The molecule has 6 heteroatoms. The van der Waals surface area contributed by atoms with Crippen LogP contribution < -0.4 is 5.73 Å². The van der Waals surface area contributed by atoms with Crippen LogP contribution in [0.15, 0.2) is 39.7 Å². The number of nitrogen functional groups attached to an aromatic ring is 1. The highest BCUT2D eigenvalue weighted by Gasteiger charge is 2.08. The van der Waals surface area contributed by atoms with E-state index in [4.69, 9.17) is 5.73 Å². The Bertz CT molecular complexity index is 708. The summed E-state index contributed by atoms with van der Waals surface area (Å²) in [5.74, 6) is 0. The normalized spacial score (nSPS) is 10.9. The Labute approximate surface area is 112 Å². The third kappa shape index (κ3) is 2.04. The molecule has 0 aliphatic rings. The van der Waals surface area contributed by atoms with Crippen molar-refractivity contribution in [3.63, 3.8) is 0 Å². The number of nitrogens with zero attached hydrogens (tertiary/aromatic N) is 3. The lowest BCUT2D eigenvalue weighted by molar-refractivity contribution is 0.984. The summed E-state index contributed by atoms with van der Waals surface area (Å²) in [6.07, 6.45) is 1.77. The number of aryl methyl sites for hydroxylation is 1. The predicted octanol–water partition coefficient (Wildman–Crippen LogP) is 3.13. The van der Waals surface area contributed by atoms with Crippen molar-refractivity contribution in [3.8, 4) is 0 Å². The molecule has 0 saturated heterocycles. The number of anilines is 1. The molecule has 0 unspecified atom stereocenters. The first kappa shape index (κ1) is 11.4. The Morgan fingerprint density at radius 1 is 1.22 bits per heavy atom. The standard InChI is InChI=1S/C12H10N4S2/c1-7-15-16-12(17-7)18-10-5-6-14-11-8(10)3-2-4-9(11)13/h2-6H,13H2,1H3. The fraction of sp³-hybridized carbons (Fsp3) is 0.0833. The van der Waals surface area contributed by atoms with E-state index in [2.05, 4.69) is 15.2 Å². The average molecular weight is 274 g/mol. The van der Waals surface area contributed by atoms with Gasteiger partial charge in [-0.05, 0) is 19.1 Å². The van der Waals surface area contributed by atoms with Crippen LogP contribution >= 0.6 is 23.1 Å². The molecule has 3 rings (SSSR count). The Hall–Kier alpha value is -1.66. The van der Waals surface area contributed by atoms with Crippen molar-refractivity contribution in [2.24, 2.45) is 0 Å². The van der Waals surface area contributed by atoms with E-state index in [9.17, 15) is 0 Å². The number of pyridine rings is 1. The van der Waals surface area contributed by atoms with Gasteiger partial charge >= 0.3 is 0 Å². The number of aromatic nitrogens is 3. The first-order chi connectivity index (χ1) is 8.74. The van der Waals surface area contributed by atoms with Gasteiger partial charge in [0.05, 0.1) is 11.2 Å². The van der Waals surface area contributed by atoms with Gasteiger partial charge in [-0.2, -0.15) is 0 Å². The summed E-state index contributed by atoms with van der Waals surface area (Å²) in [7, 11) is 0. The molecule has 3 aromatic rings. The van der Waals surface area contributed by atoms with Crippen molar-refractivity contribution >= 4 is 39.7 Å². The van der Waals surface area contributed by atoms with Gasteiger partial charge in [-0.25, -0.2) is 0 Å². The van der Waals surface area contributed by atoms with Crippen molar-refractivity contribution in [2.45, 2.75) is 16.2 Å². The maximum atomic E-state index is 5.93. The van der Waals surface area contributed by atoms with E-state index < -0.39 is 0 Å². The largest absolute Gasteiger partial charge is 0.397 e. The summed E-state index contributed by atoms with van der Waals surface area (Å²) in [5.41, 5.74) is 7.46. The molecule has 2 N–H and O–H groups in total. The zero-order valence-corrected chi connectivity index (χ0v) is 11.3. The molecule has 0 aliphatic heterocycles. The number of benzene rings is 1. The van der Waals surface area contributed by atoms with Crippen LogP contribution in [-0.2, 0) is 0 Å². The topological polar surface area (TPSA) is 64.7 Å². The molecule has 2 heterocycles. The summed E-state index contributed by atoms with van der Waals surface area (Å²) in [6.45, 7) is 1.95. The van der Waals surface area contributed by atoms with E-state index in [0.29, 0.717) is 5.69 Å². The number of nitrogens with two attached hydrogens (primary N) is 1. The van der Waals surface area contributed by atoms with E-state index >= 15 is 0 Å². The van der Waals surface area contributed by atoms with E-state index in [1.54, 1.807) is 29.3 Å². The first-order valence-electron chi connectivity index (χ1n) is 5.35. The zero-order chi connectivity index (χ0) is 12.5. The fourth-order valence-electron chi connectivity index (χ4n) is 1.68. The van der Waals surface area contributed by atoms with Gasteiger partial charge in [0.15, 0.2) is 4.34 Å². The Morgan fingerprint density at radius 3 is 2.89 bits per heavy atom. The molecule has 2 aromatic heterocycles. The lowest BCUT2D eigenvalue weighted by Gasteiger charge is -2.05. The second kappa shape index (κ2) is 4.55. The Balaban J connectivity index is 2.09. The number of rotatable bonds is 2. The van der Waals surface area contributed by atoms with Crippen molar-refractivity contribution in [3.05, 3.63) is 35.5 Å². The quantitative estimate of drug-likeness (QED) is 0.727. The minimum Gasteiger partial charge on any atom is -0.397 e. The highest BCUT2D eigenvalue weighted by atomic mass is 32.2. The van der Waals surface area contributed by atoms with Crippen molar-refractivity contribution in [2.75, 3.05) is 5.73 Å². The van der Waals surface area contributed by atoms with Crippen LogP contribution in [0.4, 0.5) is 5.69 Å². The minimum absolute atomic E-state index is 0.698. The molecule has 0 spiro atoms. The molecular weight excluding hydrogens is 264 g/mol. The maximum Gasteiger partial charge on any atom is 0.179 e. The molecule has 1 aromatic carbocycles. The SMILES string of the molecule is Cc1nnc(Sc2ccnc3c(N)cccc23)s1. The average Bonchev–Trinajstić information content (AvgIpc) is 2.76. The molecular formula is C12H10N4S2. The van der Waals surface area contributed by atoms with Crippen LogP contribution in [0, 0.1) is 6.92 Å². The molecule has 0 radical (unpaired) electrons. The molecule has 0 fully saturated rings. The number of fused-ring (bicyclic) bond motifs is 1. The molecule has 0 atom stereocenters. The summed E-state index contributed by atoms with van der Waals surface area (Å²) in [5, 5.41) is 10.2. The minimum atomic E-state index is 0.698. The highest BCUT2D eigenvalue weighted by molar-refractivity contribution is 8.01. The molecule has 90 valence electrons. The summed E-state index contributed by atoms with van der Waals surface area (Å²) >= 11 is 3.18. The monoisotopic (exact) mass is 274 g/mol. The molecule has 4 nitrogen and oxygen atoms in total. The van der Waals surface area contributed by atoms with Gasteiger partial charge in [-0.1, -0.05) is 35.2 Å². The smallest absolute Gasteiger partial charge is 0.179 e.